The molecule has 2 heterocycles. The Morgan fingerprint density at radius 2 is 1.89 bits per heavy atom. The molecule has 0 bridgehead atoms. The first-order chi connectivity index (χ1) is 16.9. The summed E-state index contributed by atoms with van der Waals surface area (Å²) in [6.45, 7) is 3.27. The molecule has 4 rings (SSSR count). The first-order valence-corrected chi connectivity index (χ1v) is 12.2. The third-order valence-electron chi connectivity index (χ3n) is 7.02. The van der Waals surface area contributed by atoms with Crippen molar-refractivity contribution in [2.45, 2.75) is 38.5 Å². The molecule has 8 nitrogen and oxygen atoms in total. The van der Waals surface area contributed by atoms with Gasteiger partial charge in [-0.3, -0.25) is 15.0 Å². The van der Waals surface area contributed by atoms with Gasteiger partial charge in [-0.2, -0.15) is 0 Å². The minimum absolute atomic E-state index is 0.0290. The fourth-order valence-corrected chi connectivity index (χ4v) is 4.93. The Labute approximate surface area is 205 Å². The van der Waals surface area contributed by atoms with Crippen LogP contribution in [0, 0.1) is 11.3 Å². The van der Waals surface area contributed by atoms with Crippen LogP contribution in [0.2, 0.25) is 0 Å². The number of anilines is 1. The summed E-state index contributed by atoms with van der Waals surface area (Å²) >= 11 is 0. The van der Waals surface area contributed by atoms with Crippen molar-refractivity contribution in [3.8, 4) is 0 Å². The molecule has 1 aromatic rings. The summed E-state index contributed by atoms with van der Waals surface area (Å²) in [5.74, 6) is 2.25. The highest BCUT2D eigenvalue weighted by Crippen LogP contribution is 2.32. The molecule has 0 unspecified atom stereocenters. The summed E-state index contributed by atoms with van der Waals surface area (Å²) in [4.78, 5) is 39.4. The molecule has 3 N–H and O–H groups in total. The topological polar surface area (TPSA) is 117 Å². The van der Waals surface area contributed by atoms with Gasteiger partial charge < -0.3 is 20.3 Å². The molecule has 1 aromatic carbocycles. The van der Waals surface area contributed by atoms with Gasteiger partial charge in [-0.05, 0) is 54.0 Å². The van der Waals surface area contributed by atoms with Crippen molar-refractivity contribution >= 4 is 34.9 Å². The highest BCUT2D eigenvalue weighted by Gasteiger charge is 2.24. The summed E-state index contributed by atoms with van der Waals surface area (Å²) in [6.07, 6.45) is 7.68. The normalized spacial score (nSPS) is 18.7. The summed E-state index contributed by atoms with van der Waals surface area (Å²) in [5, 5.41) is 7.58. The standard InChI is InChI=1S/C27H32N4O4/c28-27(29)21-5-8-24(22(17-21)18-32)20-3-6-23(7-4-20)30-12-9-19(10-13-30)16-26(34)35-15-14-31-11-1-2-25(31)33/h3-8,19H,1-2,9-17H2,(H3,28,29). The lowest BCUT2D eigenvalue weighted by molar-refractivity contribution is -0.146. The Hall–Kier alpha value is -3.64. The van der Waals surface area contributed by atoms with E-state index in [1.165, 1.54) is 0 Å². The molecule has 0 aromatic heterocycles. The number of carbonyl (C=O) groups is 2. The van der Waals surface area contributed by atoms with Crippen molar-refractivity contribution in [1.29, 1.82) is 5.41 Å². The molecule has 0 saturated carbocycles. The van der Waals surface area contributed by atoms with Crippen molar-refractivity contribution in [3.63, 3.8) is 0 Å². The number of allylic oxidation sites excluding steroid dienone is 4. The number of nitrogens with one attached hydrogen (secondary N) is 1. The Bertz CT molecular complexity index is 1090. The van der Waals surface area contributed by atoms with Crippen molar-refractivity contribution in [2.24, 2.45) is 11.7 Å². The van der Waals surface area contributed by atoms with E-state index in [9.17, 15) is 14.4 Å². The number of likely N-dealkylation sites (tertiary alicyclic amines) is 1. The number of carbonyl (C=O) groups excluding carboxylic acids is 3. The van der Waals surface area contributed by atoms with E-state index in [0.717, 1.165) is 55.7 Å². The van der Waals surface area contributed by atoms with Crippen molar-refractivity contribution in [3.05, 3.63) is 53.1 Å². The quantitative estimate of drug-likeness (QED) is 0.258. The van der Waals surface area contributed by atoms with Gasteiger partial charge in [-0.15, -0.1) is 0 Å². The molecule has 184 valence electrons. The highest BCUT2D eigenvalue weighted by atomic mass is 16.5. The number of hydrogen-bond donors (Lipinski definition) is 2. The number of esters is 1. The average molecular weight is 477 g/mol. The fraction of sp³-hybridized carbons (Fsp3) is 0.444. The van der Waals surface area contributed by atoms with Gasteiger partial charge in [0.15, 0.2) is 0 Å². The van der Waals surface area contributed by atoms with Crippen molar-refractivity contribution in [2.75, 3.05) is 37.7 Å². The monoisotopic (exact) mass is 476 g/mol. The molecule has 35 heavy (non-hydrogen) atoms. The van der Waals surface area contributed by atoms with Crippen molar-refractivity contribution < 1.29 is 19.1 Å². The molecular formula is C27H32N4O4. The van der Waals surface area contributed by atoms with E-state index in [1.807, 2.05) is 24.2 Å². The molecule has 0 radical (unpaired) electrons. The van der Waals surface area contributed by atoms with Gasteiger partial charge in [0, 0.05) is 50.2 Å². The van der Waals surface area contributed by atoms with Gasteiger partial charge in [0.1, 0.15) is 18.4 Å². The lowest BCUT2D eigenvalue weighted by Crippen LogP contribution is -2.34. The van der Waals surface area contributed by atoms with Gasteiger partial charge >= 0.3 is 5.97 Å². The van der Waals surface area contributed by atoms with Crippen LogP contribution in [-0.2, 0) is 19.1 Å². The van der Waals surface area contributed by atoms with Gasteiger partial charge in [-0.25, -0.2) is 4.79 Å². The minimum atomic E-state index is -0.179. The molecular weight excluding hydrogens is 444 g/mol. The second kappa shape index (κ2) is 11.2. The number of hydrogen-bond acceptors (Lipinski definition) is 6. The van der Waals surface area contributed by atoms with E-state index in [1.54, 1.807) is 11.0 Å². The summed E-state index contributed by atoms with van der Waals surface area (Å²) < 4.78 is 5.37. The molecule has 1 amide bonds. The Morgan fingerprint density at radius 1 is 1.14 bits per heavy atom. The molecule has 2 saturated heterocycles. The van der Waals surface area contributed by atoms with Crippen LogP contribution in [0.4, 0.5) is 5.69 Å². The summed E-state index contributed by atoms with van der Waals surface area (Å²) in [6, 6.07) is 8.10. The van der Waals surface area contributed by atoms with Gasteiger partial charge in [0.2, 0.25) is 5.91 Å². The van der Waals surface area contributed by atoms with Crippen LogP contribution in [0.25, 0.3) is 5.57 Å². The molecule has 1 aliphatic carbocycles. The third-order valence-corrected chi connectivity index (χ3v) is 7.02. The Morgan fingerprint density at radius 3 is 2.51 bits per heavy atom. The number of nitrogens with two attached hydrogens (primary N) is 1. The van der Waals surface area contributed by atoms with Gasteiger partial charge in [0.25, 0.3) is 0 Å². The van der Waals surface area contributed by atoms with E-state index in [0.29, 0.717) is 42.9 Å². The van der Waals surface area contributed by atoms with E-state index in [4.69, 9.17) is 15.9 Å². The van der Waals surface area contributed by atoms with Gasteiger partial charge in [-0.1, -0.05) is 24.3 Å². The first-order valence-electron chi connectivity index (χ1n) is 12.2. The van der Waals surface area contributed by atoms with E-state index in [-0.39, 0.29) is 24.3 Å². The Kier molecular flexibility index (Phi) is 7.83. The second-order valence-corrected chi connectivity index (χ2v) is 9.33. The molecule has 0 atom stereocenters. The third kappa shape index (κ3) is 6.08. The fourth-order valence-electron chi connectivity index (χ4n) is 4.93. The summed E-state index contributed by atoms with van der Waals surface area (Å²) in [5.41, 5.74) is 9.53. The highest BCUT2D eigenvalue weighted by molar-refractivity contribution is 6.00. The zero-order valence-corrected chi connectivity index (χ0v) is 19.9. The molecule has 2 fully saturated rings. The predicted octanol–water partition coefficient (Wildman–Crippen LogP) is 2.87. The Balaban J connectivity index is 1.25. The number of piperidine rings is 1. The number of amidine groups is 1. The maximum absolute atomic E-state index is 12.2. The van der Waals surface area contributed by atoms with E-state index < -0.39 is 0 Å². The molecule has 0 spiro atoms. The zero-order valence-electron chi connectivity index (χ0n) is 19.9. The predicted molar refractivity (Wildman–Crippen MR) is 135 cm³/mol. The van der Waals surface area contributed by atoms with Crippen LogP contribution in [-0.4, -0.2) is 61.3 Å². The number of nitrogens with zero attached hydrogens (tertiary/aromatic N) is 2. The van der Waals surface area contributed by atoms with Crippen LogP contribution >= 0.6 is 0 Å². The lowest BCUT2D eigenvalue weighted by atomic mass is 9.88. The van der Waals surface area contributed by atoms with Crippen LogP contribution < -0.4 is 10.6 Å². The maximum atomic E-state index is 12.2. The molecule has 3 aliphatic rings. The smallest absolute Gasteiger partial charge is 0.306 e. The SMILES string of the molecule is N=C(N)C1=CC=C(c2ccc(N3CCC(CC(=O)OCCN4CCCC4=O)CC3)cc2)C(=C=O)C1. The maximum Gasteiger partial charge on any atom is 0.306 e. The summed E-state index contributed by atoms with van der Waals surface area (Å²) in [7, 11) is 0. The van der Waals surface area contributed by atoms with Crippen LogP contribution in [0.3, 0.4) is 0 Å². The average Bonchev–Trinajstić information content (AvgIpc) is 3.28. The second-order valence-electron chi connectivity index (χ2n) is 9.33. The number of ether oxygens (including phenoxy) is 1. The molecule has 8 heteroatoms. The van der Waals surface area contributed by atoms with Gasteiger partial charge in [0.05, 0.1) is 6.54 Å². The lowest BCUT2D eigenvalue weighted by Gasteiger charge is -2.33. The zero-order chi connectivity index (χ0) is 24.8. The van der Waals surface area contributed by atoms with E-state index >= 15 is 0 Å². The van der Waals surface area contributed by atoms with Crippen LogP contribution in [0.5, 0.6) is 0 Å². The van der Waals surface area contributed by atoms with Crippen LogP contribution in [0.15, 0.2) is 47.6 Å². The van der Waals surface area contributed by atoms with Crippen LogP contribution in [0.1, 0.15) is 44.1 Å². The molecule has 2 aliphatic heterocycles. The largest absolute Gasteiger partial charge is 0.464 e. The number of benzene rings is 1. The number of rotatable bonds is 8. The first kappa shape index (κ1) is 24.5. The number of amides is 1. The van der Waals surface area contributed by atoms with E-state index in [2.05, 4.69) is 17.0 Å². The van der Waals surface area contributed by atoms with Crippen molar-refractivity contribution in [1.82, 2.24) is 4.90 Å². The minimum Gasteiger partial charge on any atom is -0.464 e.